The number of carbonyl (C=O) groups is 1. The van der Waals surface area contributed by atoms with Crippen molar-refractivity contribution in [2.75, 3.05) is 7.05 Å². The summed E-state index contributed by atoms with van der Waals surface area (Å²) in [5, 5.41) is 10.8. The van der Waals surface area contributed by atoms with Gasteiger partial charge < -0.3 is 4.90 Å². The largest absolute Gasteiger partial charge is 0.335 e. The van der Waals surface area contributed by atoms with Gasteiger partial charge in [-0.25, -0.2) is 0 Å². The predicted molar refractivity (Wildman–Crippen MR) is 85.7 cm³/mol. The molecule has 0 aliphatic rings. The van der Waals surface area contributed by atoms with Crippen LogP contribution in [0.4, 0.5) is 0 Å². The predicted octanol–water partition coefficient (Wildman–Crippen LogP) is 3.85. The molecule has 1 heterocycles. The molecule has 2 rings (SSSR count). The molecule has 1 aromatic carbocycles. The van der Waals surface area contributed by atoms with Gasteiger partial charge in [-0.1, -0.05) is 18.2 Å². The number of rotatable bonds is 4. The first kappa shape index (κ1) is 15.0. The van der Waals surface area contributed by atoms with Crippen LogP contribution in [0.1, 0.15) is 29.0 Å². The minimum Gasteiger partial charge on any atom is -0.335 e. The SMILES string of the molecule is C[C@H](c1cccs1)N(C)C(=O)/C=C/c1ccc(C#N)cc1. The Morgan fingerprint density at radius 2 is 2.05 bits per heavy atom. The Balaban J connectivity index is 2.03. The third-order valence-electron chi connectivity index (χ3n) is 3.34. The van der Waals surface area contributed by atoms with Gasteiger partial charge in [0.25, 0.3) is 0 Å². The van der Waals surface area contributed by atoms with E-state index in [1.54, 1.807) is 47.6 Å². The second kappa shape index (κ2) is 6.87. The zero-order chi connectivity index (χ0) is 15.2. The number of carbonyl (C=O) groups excluding carboxylic acids is 1. The van der Waals surface area contributed by atoms with Crippen LogP contribution in [0.3, 0.4) is 0 Å². The van der Waals surface area contributed by atoms with Gasteiger partial charge in [0.15, 0.2) is 0 Å². The minimum atomic E-state index is -0.0414. The van der Waals surface area contributed by atoms with Gasteiger partial charge in [-0.3, -0.25) is 4.79 Å². The van der Waals surface area contributed by atoms with E-state index in [0.717, 1.165) is 10.4 Å². The van der Waals surface area contributed by atoms with Gasteiger partial charge >= 0.3 is 0 Å². The Morgan fingerprint density at radius 3 is 2.62 bits per heavy atom. The molecule has 0 aliphatic heterocycles. The van der Waals surface area contributed by atoms with Crippen LogP contribution in [-0.2, 0) is 4.79 Å². The monoisotopic (exact) mass is 296 g/mol. The standard InChI is InChI=1S/C17H16N2OS/c1-13(16-4-3-11-21-16)19(2)17(20)10-9-14-5-7-15(12-18)8-6-14/h3-11,13H,1-2H3/b10-9+/t13-/m1/s1. The average Bonchev–Trinajstić information content (AvgIpc) is 3.06. The lowest BCUT2D eigenvalue weighted by atomic mass is 10.1. The van der Waals surface area contributed by atoms with E-state index in [4.69, 9.17) is 5.26 Å². The van der Waals surface area contributed by atoms with Gasteiger partial charge in [0.05, 0.1) is 17.7 Å². The second-order valence-corrected chi connectivity index (χ2v) is 5.69. The number of amides is 1. The maximum atomic E-state index is 12.2. The van der Waals surface area contributed by atoms with Crippen molar-refractivity contribution < 1.29 is 4.79 Å². The van der Waals surface area contributed by atoms with Crippen LogP contribution >= 0.6 is 11.3 Å². The van der Waals surface area contributed by atoms with Gasteiger partial charge in [0.2, 0.25) is 5.91 Å². The molecule has 3 nitrogen and oxygen atoms in total. The molecule has 0 bridgehead atoms. The number of thiophene rings is 1. The van der Waals surface area contributed by atoms with Crippen molar-refractivity contribution in [3.63, 3.8) is 0 Å². The third-order valence-corrected chi connectivity index (χ3v) is 4.38. The van der Waals surface area contributed by atoms with E-state index in [0.29, 0.717) is 5.56 Å². The van der Waals surface area contributed by atoms with Crippen molar-refractivity contribution in [2.45, 2.75) is 13.0 Å². The maximum Gasteiger partial charge on any atom is 0.246 e. The van der Waals surface area contributed by atoms with Crippen molar-refractivity contribution in [2.24, 2.45) is 0 Å². The minimum absolute atomic E-state index is 0.0414. The van der Waals surface area contributed by atoms with Crippen molar-refractivity contribution in [3.05, 3.63) is 63.9 Å². The highest BCUT2D eigenvalue weighted by atomic mass is 32.1. The fourth-order valence-corrected chi connectivity index (χ4v) is 2.69. The molecule has 21 heavy (non-hydrogen) atoms. The summed E-state index contributed by atoms with van der Waals surface area (Å²) in [5.74, 6) is -0.0414. The van der Waals surface area contributed by atoms with E-state index >= 15 is 0 Å². The average molecular weight is 296 g/mol. The smallest absolute Gasteiger partial charge is 0.246 e. The molecular formula is C17H16N2OS. The van der Waals surface area contributed by atoms with E-state index in [1.165, 1.54) is 0 Å². The molecule has 0 spiro atoms. The zero-order valence-electron chi connectivity index (χ0n) is 12.0. The van der Waals surface area contributed by atoms with Crippen molar-refractivity contribution in [1.82, 2.24) is 4.90 Å². The van der Waals surface area contributed by atoms with Crippen LogP contribution in [0.5, 0.6) is 0 Å². The first-order chi connectivity index (χ1) is 10.1. The number of hydrogen-bond donors (Lipinski definition) is 0. The Morgan fingerprint density at radius 1 is 1.33 bits per heavy atom. The molecule has 106 valence electrons. The lowest BCUT2D eigenvalue weighted by molar-refractivity contribution is -0.126. The summed E-state index contributed by atoms with van der Waals surface area (Å²) in [5.41, 5.74) is 1.52. The molecule has 1 aromatic heterocycles. The first-order valence-electron chi connectivity index (χ1n) is 6.60. The quantitative estimate of drug-likeness (QED) is 0.804. The van der Waals surface area contributed by atoms with Crippen molar-refractivity contribution in [3.8, 4) is 6.07 Å². The Labute approximate surface area is 128 Å². The molecule has 1 atom stereocenters. The molecule has 0 saturated heterocycles. The summed E-state index contributed by atoms with van der Waals surface area (Å²) >= 11 is 1.65. The van der Waals surface area contributed by atoms with Crippen molar-refractivity contribution >= 4 is 23.3 Å². The Hall–Kier alpha value is -2.38. The van der Waals surface area contributed by atoms with Crippen LogP contribution in [0.2, 0.25) is 0 Å². The van der Waals surface area contributed by atoms with Crippen LogP contribution in [0, 0.1) is 11.3 Å². The molecular weight excluding hydrogens is 280 g/mol. The fourth-order valence-electron chi connectivity index (χ4n) is 1.86. The molecule has 1 amide bonds. The third kappa shape index (κ3) is 3.80. The Bertz CT molecular complexity index is 666. The van der Waals surface area contributed by atoms with Gasteiger partial charge in [-0.2, -0.15) is 5.26 Å². The fraction of sp³-hybridized carbons (Fsp3) is 0.176. The summed E-state index contributed by atoms with van der Waals surface area (Å²) in [7, 11) is 1.80. The molecule has 4 heteroatoms. The summed E-state index contributed by atoms with van der Waals surface area (Å²) in [6.45, 7) is 2.01. The first-order valence-corrected chi connectivity index (χ1v) is 7.48. The lowest BCUT2D eigenvalue weighted by Gasteiger charge is -2.22. The van der Waals surface area contributed by atoms with Gasteiger partial charge in [-0.05, 0) is 42.1 Å². The lowest BCUT2D eigenvalue weighted by Crippen LogP contribution is -2.27. The highest BCUT2D eigenvalue weighted by Gasteiger charge is 2.15. The number of likely N-dealkylation sites (N-methyl/N-ethyl adjacent to an activating group) is 1. The molecule has 0 saturated carbocycles. The molecule has 0 unspecified atom stereocenters. The normalized spacial score (nSPS) is 12.0. The number of hydrogen-bond acceptors (Lipinski definition) is 3. The van der Waals surface area contributed by atoms with Crippen LogP contribution in [-0.4, -0.2) is 17.9 Å². The second-order valence-electron chi connectivity index (χ2n) is 4.71. The highest BCUT2D eigenvalue weighted by Crippen LogP contribution is 2.23. The highest BCUT2D eigenvalue weighted by molar-refractivity contribution is 7.10. The van der Waals surface area contributed by atoms with Crippen molar-refractivity contribution in [1.29, 1.82) is 5.26 Å². The van der Waals surface area contributed by atoms with Crippen LogP contribution in [0.15, 0.2) is 47.9 Å². The van der Waals surface area contributed by atoms with E-state index in [-0.39, 0.29) is 11.9 Å². The van der Waals surface area contributed by atoms with Gasteiger partial charge in [0.1, 0.15) is 0 Å². The maximum absolute atomic E-state index is 12.2. The molecule has 0 N–H and O–H groups in total. The zero-order valence-corrected chi connectivity index (χ0v) is 12.8. The van der Waals surface area contributed by atoms with Crippen LogP contribution in [0.25, 0.3) is 6.08 Å². The van der Waals surface area contributed by atoms with Gasteiger partial charge in [0, 0.05) is 18.0 Å². The molecule has 2 aromatic rings. The number of nitrogens with zero attached hydrogens (tertiary/aromatic N) is 2. The molecule has 0 radical (unpaired) electrons. The van der Waals surface area contributed by atoms with Gasteiger partial charge in [-0.15, -0.1) is 11.3 Å². The Kier molecular flexibility index (Phi) is 4.91. The number of nitriles is 1. The number of benzene rings is 1. The van der Waals surface area contributed by atoms with E-state index < -0.39 is 0 Å². The van der Waals surface area contributed by atoms with E-state index in [2.05, 4.69) is 6.07 Å². The molecule has 0 aliphatic carbocycles. The summed E-state index contributed by atoms with van der Waals surface area (Å²) < 4.78 is 0. The summed E-state index contributed by atoms with van der Waals surface area (Å²) in [6.07, 6.45) is 3.33. The topological polar surface area (TPSA) is 44.1 Å². The summed E-state index contributed by atoms with van der Waals surface area (Å²) in [4.78, 5) is 15.0. The molecule has 0 fully saturated rings. The van der Waals surface area contributed by atoms with E-state index in [9.17, 15) is 4.79 Å². The summed E-state index contributed by atoms with van der Waals surface area (Å²) in [6, 6.07) is 13.3. The van der Waals surface area contributed by atoms with E-state index in [1.807, 2.05) is 36.6 Å². The van der Waals surface area contributed by atoms with Crippen LogP contribution < -0.4 is 0 Å².